The molecule has 0 unspecified atom stereocenters. The number of hydrogen-bond donors (Lipinski definition) is 1. The van der Waals surface area contributed by atoms with Crippen molar-refractivity contribution in [1.82, 2.24) is 0 Å². The zero-order chi connectivity index (χ0) is 27.6. The van der Waals surface area contributed by atoms with Crippen molar-refractivity contribution in [1.29, 1.82) is 0 Å². The van der Waals surface area contributed by atoms with Crippen LogP contribution >= 0.6 is 0 Å². The summed E-state index contributed by atoms with van der Waals surface area (Å²) in [4.78, 5) is 11.5. The number of rotatable bonds is 11. The second kappa shape index (κ2) is 11.4. The van der Waals surface area contributed by atoms with E-state index in [9.17, 15) is 9.90 Å². The molecule has 0 spiro atoms. The van der Waals surface area contributed by atoms with Gasteiger partial charge in [0.25, 0.3) is 0 Å². The SMILES string of the molecule is COc1ccc(F)c(-c2ccc(COc3cccc([C@H](CC(=O)O)CC4CC4)c3)cc2[C@H]2OCCC2(C)C)c1. The predicted molar refractivity (Wildman–Crippen MR) is 149 cm³/mol. The Kier molecular flexibility index (Phi) is 7.94. The van der Waals surface area contributed by atoms with Gasteiger partial charge in [-0.15, -0.1) is 0 Å². The molecule has 2 fully saturated rings. The van der Waals surface area contributed by atoms with Crippen LogP contribution in [0.5, 0.6) is 11.5 Å². The lowest BCUT2D eigenvalue weighted by molar-refractivity contribution is -0.137. The number of methoxy groups -OCH3 is 1. The minimum atomic E-state index is -0.774. The maximum Gasteiger partial charge on any atom is 0.303 e. The zero-order valence-corrected chi connectivity index (χ0v) is 22.9. The summed E-state index contributed by atoms with van der Waals surface area (Å²) in [5.41, 5.74) is 4.06. The van der Waals surface area contributed by atoms with Gasteiger partial charge in [0.15, 0.2) is 0 Å². The monoisotopic (exact) mass is 532 g/mol. The Labute approximate surface area is 229 Å². The lowest BCUT2D eigenvalue weighted by Gasteiger charge is -2.28. The zero-order valence-electron chi connectivity index (χ0n) is 22.9. The van der Waals surface area contributed by atoms with Crippen LogP contribution in [0.15, 0.2) is 60.7 Å². The average Bonchev–Trinajstić information content (AvgIpc) is 3.66. The van der Waals surface area contributed by atoms with Gasteiger partial charge in [-0.1, -0.05) is 51.0 Å². The molecular weight excluding hydrogens is 495 g/mol. The molecule has 2 aliphatic rings. The molecule has 1 heterocycles. The Morgan fingerprint density at radius 2 is 1.90 bits per heavy atom. The number of carboxylic acid groups (broad SMARTS) is 1. The fourth-order valence-corrected chi connectivity index (χ4v) is 5.64. The summed E-state index contributed by atoms with van der Waals surface area (Å²) in [5.74, 6) is 0.843. The molecule has 0 aromatic heterocycles. The maximum atomic E-state index is 15.0. The number of carboxylic acids is 1. The van der Waals surface area contributed by atoms with Crippen molar-refractivity contribution >= 4 is 5.97 Å². The summed E-state index contributed by atoms with van der Waals surface area (Å²) in [6.45, 7) is 5.35. The molecule has 0 radical (unpaired) electrons. The van der Waals surface area contributed by atoms with E-state index < -0.39 is 5.97 Å². The van der Waals surface area contributed by atoms with Crippen LogP contribution < -0.4 is 9.47 Å². The van der Waals surface area contributed by atoms with Gasteiger partial charge in [0.1, 0.15) is 23.9 Å². The molecule has 5 nitrogen and oxygen atoms in total. The molecule has 6 heteroatoms. The molecule has 0 bridgehead atoms. The van der Waals surface area contributed by atoms with Crippen molar-refractivity contribution in [3.05, 3.63) is 83.2 Å². The third-order valence-corrected chi connectivity index (χ3v) is 8.07. The second-order valence-corrected chi connectivity index (χ2v) is 11.6. The Morgan fingerprint density at radius 1 is 1.08 bits per heavy atom. The first-order valence-electron chi connectivity index (χ1n) is 13.8. The van der Waals surface area contributed by atoms with E-state index in [1.165, 1.54) is 18.9 Å². The van der Waals surface area contributed by atoms with E-state index in [2.05, 4.69) is 19.9 Å². The standard InChI is InChI=1S/C33H37FO5/c1-33(2)13-14-38-32(33)29-16-22(9-11-27(29)28-19-25(37-3)10-12-30(28)34)20-39-26-6-4-5-23(17-26)24(18-31(35)36)15-21-7-8-21/h4-6,9-12,16-17,19,21,24,32H,7-8,13-15,18,20H2,1-3H3,(H,35,36)/t24-,32+/m0/s1. The van der Waals surface area contributed by atoms with Crippen molar-refractivity contribution in [3.63, 3.8) is 0 Å². The van der Waals surface area contributed by atoms with Gasteiger partial charge >= 0.3 is 5.97 Å². The smallest absolute Gasteiger partial charge is 0.303 e. The first kappa shape index (κ1) is 27.2. The van der Waals surface area contributed by atoms with Crippen LogP contribution in [0.25, 0.3) is 11.1 Å². The van der Waals surface area contributed by atoms with Crippen LogP contribution in [0.1, 0.15) is 74.7 Å². The van der Waals surface area contributed by atoms with Gasteiger partial charge in [-0.2, -0.15) is 0 Å². The third-order valence-electron chi connectivity index (χ3n) is 8.07. The van der Waals surface area contributed by atoms with Crippen LogP contribution in [0.2, 0.25) is 0 Å². The summed E-state index contributed by atoms with van der Waals surface area (Å²) in [6, 6.07) is 18.6. The summed E-state index contributed by atoms with van der Waals surface area (Å²) < 4.78 is 32.8. The molecule has 1 aliphatic carbocycles. The highest BCUT2D eigenvalue weighted by Gasteiger charge is 2.38. The van der Waals surface area contributed by atoms with Crippen molar-refractivity contribution in [3.8, 4) is 22.6 Å². The van der Waals surface area contributed by atoms with Crippen molar-refractivity contribution in [2.75, 3.05) is 13.7 Å². The molecule has 39 heavy (non-hydrogen) atoms. The normalized spacial score (nSPS) is 19.0. The highest BCUT2D eigenvalue weighted by Crippen LogP contribution is 2.48. The number of ether oxygens (including phenoxy) is 3. The van der Waals surface area contributed by atoms with E-state index in [-0.39, 0.29) is 29.7 Å². The molecule has 1 saturated carbocycles. The van der Waals surface area contributed by atoms with Crippen LogP contribution in [0.3, 0.4) is 0 Å². The Hall–Kier alpha value is -3.38. The lowest BCUT2D eigenvalue weighted by Crippen LogP contribution is -2.17. The first-order chi connectivity index (χ1) is 18.7. The number of hydrogen-bond acceptors (Lipinski definition) is 4. The third kappa shape index (κ3) is 6.44. The number of benzene rings is 3. The van der Waals surface area contributed by atoms with Crippen molar-refractivity contribution < 1.29 is 28.5 Å². The van der Waals surface area contributed by atoms with Crippen LogP contribution in [0.4, 0.5) is 4.39 Å². The average molecular weight is 533 g/mol. The minimum absolute atomic E-state index is 0.0102. The van der Waals surface area contributed by atoms with Crippen molar-refractivity contribution in [2.24, 2.45) is 11.3 Å². The first-order valence-corrected chi connectivity index (χ1v) is 13.8. The maximum absolute atomic E-state index is 15.0. The van der Waals surface area contributed by atoms with Gasteiger partial charge in [0, 0.05) is 12.2 Å². The number of halogens is 1. The lowest BCUT2D eigenvalue weighted by atomic mass is 9.79. The largest absolute Gasteiger partial charge is 0.497 e. The Bertz CT molecular complexity index is 1330. The molecule has 3 aromatic rings. The van der Waals surface area contributed by atoms with Gasteiger partial charge in [-0.3, -0.25) is 4.79 Å². The molecule has 5 rings (SSSR count). The van der Waals surface area contributed by atoms with E-state index >= 15 is 4.39 Å². The quantitative estimate of drug-likeness (QED) is 0.272. The fourth-order valence-electron chi connectivity index (χ4n) is 5.64. The van der Waals surface area contributed by atoms with E-state index in [1.807, 2.05) is 36.4 Å². The van der Waals surface area contributed by atoms with Crippen LogP contribution in [0, 0.1) is 17.2 Å². The van der Waals surface area contributed by atoms with Crippen LogP contribution in [-0.2, 0) is 16.1 Å². The molecule has 1 saturated heterocycles. The van der Waals surface area contributed by atoms with E-state index in [1.54, 1.807) is 19.2 Å². The molecule has 206 valence electrons. The highest BCUT2D eigenvalue weighted by atomic mass is 19.1. The van der Waals surface area contributed by atoms with Gasteiger partial charge in [-0.25, -0.2) is 4.39 Å². The molecule has 1 N–H and O–H groups in total. The summed E-state index contributed by atoms with van der Waals surface area (Å²) in [5, 5.41) is 9.43. The van der Waals surface area contributed by atoms with Gasteiger partial charge in [0.05, 0.1) is 19.6 Å². The highest BCUT2D eigenvalue weighted by molar-refractivity contribution is 5.71. The second-order valence-electron chi connectivity index (χ2n) is 11.6. The summed E-state index contributed by atoms with van der Waals surface area (Å²) >= 11 is 0. The predicted octanol–water partition coefficient (Wildman–Crippen LogP) is 7.93. The molecule has 3 aromatic carbocycles. The Morgan fingerprint density at radius 3 is 2.59 bits per heavy atom. The molecular formula is C33H37FO5. The molecule has 1 aliphatic heterocycles. The summed E-state index contributed by atoms with van der Waals surface area (Å²) in [6.07, 6.45) is 4.14. The Balaban J connectivity index is 1.41. The summed E-state index contributed by atoms with van der Waals surface area (Å²) in [7, 11) is 1.58. The van der Waals surface area contributed by atoms with Gasteiger partial charge < -0.3 is 19.3 Å². The number of carbonyl (C=O) groups is 1. The number of aliphatic carboxylic acids is 1. The van der Waals surface area contributed by atoms with E-state index in [0.717, 1.165) is 35.1 Å². The van der Waals surface area contributed by atoms with E-state index in [4.69, 9.17) is 14.2 Å². The van der Waals surface area contributed by atoms with Crippen LogP contribution in [-0.4, -0.2) is 24.8 Å². The van der Waals surface area contributed by atoms with Crippen molar-refractivity contribution in [2.45, 2.75) is 64.6 Å². The molecule has 2 atom stereocenters. The minimum Gasteiger partial charge on any atom is -0.497 e. The van der Waals surface area contributed by atoms with Gasteiger partial charge in [0.2, 0.25) is 0 Å². The molecule has 0 amide bonds. The van der Waals surface area contributed by atoms with E-state index in [0.29, 0.717) is 36.2 Å². The van der Waals surface area contributed by atoms with Gasteiger partial charge in [-0.05, 0) is 88.7 Å². The fraction of sp³-hybridized carbons (Fsp3) is 0.424. The topological polar surface area (TPSA) is 65.0 Å².